The standard InChI is InChI=1S/C21H29N5O4/c1-4-30-20(27)16-8-6-5-7-15(22)19-23-12(2)18(26-19)14-10-9-13(11-17(14)25-16)24-21(28)29-3/h9-11,15-16,25H,4-8,22H2,1-3H3,(H,23,26)(H,24,28). The second kappa shape index (κ2) is 9.62. The minimum Gasteiger partial charge on any atom is -0.464 e. The highest BCUT2D eigenvalue weighted by Crippen LogP contribution is 2.34. The van der Waals surface area contributed by atoms with E-state index in [-0.39, 0.29) is 12.0 Å². The molecule has 0 fully saturated rings. The van der Waals surface area contributed by atoms with Crippen LogP contribution in [0.4, 0.5) is 16.2 Å². The van der Waals surface area contributed by atoms with Gasteiger partial charge in [0.1, 0.15) is 11.9 Å². The first-order chi connectivity index (χ1) is 14.4. The Morgan fingerprint density at radius 3 is 2.80 bits per heavy atom. The Kier molecular flexibility index (Phi) is 6.94. The molecule has 162 valence electrons. The maximum absolute atomic E-state index is 12.6. The van der Waals surface area contributed by atoms with E-state index in [4.69, 9.17) is 15.5 Å². The fraction of sp³-hybridized carbons (Fsp3) is 0.476. The van der Waals surface area contributed by atoms with Crippen LogP contribution in [0.25, 0.3) is 11.3 Å². The number of aryl methyl sites for hydroxylation is 1. The normalized spacial score (nSPS) is 18.8. The molecule has 9 nitrogen and oxygen atoms in total. The molecule has 0 saturated carbocycles. The zero-order chi connectivity index (χ0) is 21.7. The molecule has 1 aliphatic heterocycles. The van der Waals surface area contributed by atoms with Crippen LogP contribution in [0.1, 0.15) is 50.2 Å². The summed E-state index contributed by atoms with van der Waals surface area (Å²) >= 11 is 0. The fourth-order valence-electron chi connectivity index (χ4n) is 3.57. The molecule has 2 aromatic rings. The first-order valence-corrected chi connectivity index (χ1v) is 10.2. The summed E-state index contributed by atoms with van der Waals surface area (Å²) < 4.78 is 9.95. The van der Waals surface area contributed by atoms with Gasteiger partial charge in [0.25, 0.3) is 0 Å². The minimum atomic E-state index is -0.575. The minimum absolute atomic E-state index is 0.199. The number of H-pyrrole nitrogens is 1. The van der Waals surface area contributed by atoms with E-state index in [2.05, 4.69) is 20.4 Å². The van der Waals surface area contributed by atoms with Gasteiger partial charge < -0.3 is 25.5 Å². The van der Waals surface area contributed by atoms with E-state index in [0.717, 1.165) is 42.0 Å². The van der Waals surface area contributed by atoms with Gasteiger partial charge in [-0.15, -0.1) is 0 Å². The van der Waals surface area contributed by atoms with Crippen LogP contribution in [-0.2, 0) is 14.3 Å². The van der Waals surface area contributed by atoms with Gasteiger partial charge in [0.15, 0.2) is 0 Å². The lowest BCUT2D eigenvalue weighted by molar-refractivity contribution is -0.144. The average molecular weight is 415 g/mol. The number of hydrogen-bond acceptors (Lipinski definition) is 7. The monoisotopic (exact) mass is 415 g/mol. The number of fused-ring (bicyclic) bond motifs is 4. The first-order valence-electron chi connectivity index (χ1n) is 10.2. The summed E-state index contributed by atoms with van der Waals surface area (Å²) in [6.07, 6.45) is 2.49. The van der Waals surface area contributed by atoms with Gasteiger partial charge in [0.2, 0.25) is 0 Å². The Bertz CT molecular complexity index is 911. The van der Waals surface area contributed by atoms with Gasteiger partial charge in [0, 0.05) is 22.6 Å². The van der Waals surface area contributed by atoms with Gasteiger partial charge in [-0.3, -0.25) is 5.32 Å². The number of anilines is 2. The number of nitrogens with one attached hydrogen (secondary N) is 3. The predicted octanol–water partition coefficient (Wildman–Crippen LogP) is 3.48. The van der Waals surface area contributed by atoms with Crippen molar-refractivity contribution in [3.05, 3.63) is 29.7 Å². The van der Waals surface area contributed by atoms with Gasteiger partial charge >= 0.3 is 12.1 Å². The van der Waals surface area contributed by atoms with E-state index >= 15 is 0 Å². The molecule has 2 bridgehead atoms. The number of nitrogens with two attached hydrogens (primary N) is 1. The number of carbonyl (C=O) groups is 2. The van der Waals surface area contributed by atoms with Crippen molar-refractivity contribution in [3.8, 4) is 11.3 Å². The molecule has 30 heavy (non-hydrogen) atoms. The van der Waals surface area contributed by atoms with Crippen molar-refractivity contribution in [2.75, 3.05) is 24.4 Å². The molecule has 0 spiro atoms. The van der Waals surface area contributed by atoms with Crippen molar-refractivity contribution in [3.63, 3.8) is 0 Å². The number of carbonyl (C=O) groups excluding carboxylic acids is 2. The number of benzene rings is 1. The Morgan fingerprint density at radius 1 is 1.30 bits per heavy atom. The molecule has 5 N–H and O–H groups in total. The van der Waals surface area contributed by atoms with E-state index in [0.29, 0.717) is 24.4 Å². The molecule has 3 rings (SSSR count). The number of aromatic amines is 1. The average Bonchev–Trinajstić information content (AvgIpc) is 3.11. The van der Waals surface area contributed by atoms with Crippen LogP contribution < -0.4 is 16.4 Å². The summed E-state index contributed by atoms with van der Waals surface area (Å²) in [7, 11) is 1.30. The molecule has 1 amide bonds. The lowest BCUT2D eigenvalue weighted by atomic mass is 10.0. The zero-order valence-corrected chi connectivity index (χ0v) is 17.6. The Labute approximate surface area is 175 Å². The summed E-state index contributed by atoms with van der Waals surface area (Å²) in [5, 5.41) is 5.97. The molecule has 0 saturated heterocycles. The fourth-order valence-corrected chi connectivity index (χ4v) is 3.57. The van der Waals surface area contributed by atoms with E-state index in [1.54, 1.807) is 19.1 Å². The number of rotatable bonds is 3. The molecular formula is C21H29N5O4. The van der Waals surface area contributed by atoms with E-state index in [9.17, 15) is 9.59 Å². The maximum atomic E-state index is 12.6. The Morgan fingerprint density at radius 2 is 2.07 bits per heavy atom. The molecule has 1 aromatic carbocycles. The van der Waals surface area contributed by atoms with Crippen LogP contribution in [0.15, 0.2) is 18.2 Å². The van der Waals surface area contributed by atoms with Gasteiger partial charge in [0.05, 0.1) is 25.5 Å². The van der Waals surface area contributed by atoms with E-state index in [1.807, 2.05) is 13.0 Å². The highest BCUT2D eigenvalue weighted by molar-refractivity contribution is 5.89. The van der Waals surface area contributed by atoms with Gasteiger partial charge in [-0.25, -0.2) is 14.6 Å². The molecule has 9 heteroatoms. The van der Waals surface area contributed by atoms with Gasteiger partial charge in [-0.05, 0) is 44.9 Å². The number of methoxy groups -OCH3 is 1. The number of aromatic nitrogens is 2. The summed E-state index contributed by atoms with van der Waals surface area (Å²) in [5.41, 5.74) is 9.95. The van der Waals surface area contributed by atoms with Crippen molar-refractivity contribution >= 4 is 23.4 Å². The van der Waals surface area contributed by atoms with Crippen molar-refractivity contribution in [2.24, 2.45) is 5.73 Å². The highest BCUT2D eigenvalue weighted by Gasteiger charge is 2.24. The first kappa shape index (κ1) is 21.6. The van der Waals surface area contributed by atoms with Gasteiger partial charge in [-0.1, -0.05) is 12.8 Å². The molecule has 2 heterocycles. The number of ether oxygens (including phenoxy) is 2. The van der Waals surface area contributed by atoms with Crippen molar-refractivity contribution < 1.29 is 19.1 Å². The van der Waals surface area contributed by atoms with Crippen LogP contribution in [0.2, 0.25) is 0 Å². The third-order valence-corrected chi connectivity index (χ3v) is 5.12. The van der Waals surface area contributed by atoms with E-state index in [1.165, 1.54) is 7.11 Å². The summed E-state index contributed by atoms with van der Waals surface area (Å²) in [6.45, 7) is 4.03. The molecule has 2 atom stereocenters. The second-order valence-electron chi connectivity index (χ2n) is 7.31. The van der Waals surface area contributed by atoms with Crippen LogP contribution in [0, 0.1) is 6.92 Å². The smallest absolute Gasteiger partial charge is 0.411 e. The van der Waals surface area contributed by atoms with Crippen LogP contribution in [-0.4, -0.2) is 41.8 Å². The van der Waals surface area contributed by atoms with E-state index < -0.39 is 12.1 Å². The molecule has 1 aromatic heterocycles. The van der Waals surface area contributed by atoms with Gasteiger partial charge in [-0.2, -0.15) is 0 Å². The van der Waals surface area contributed by atoms with Crippen molar-refractivity contribution in [1.82, 2.24) is 9.97 Å². The van der Waals surface area contributed by atoms with Crippen molar-refractivity contribution in [1.29, 1.82) is 0 Å². The molecule has 0 radical (unpaired) electrons. The lowest BCUT2D eigenvalue weighted by Crippen LogP contribution is -2.32. The third-order valence-electron chi connectivity index (χ3n) is 5.12. The Balaban J connectivity index is 2.07. The lowest BCUT2D eigenvalue weighted by Gasteiger charge is -2.21. The van der Waals surface area contributed by atoms with Crippen LogP contribution >= 0.6 is 0 Å². The number of esters is 1. The number of imidazole rings is 1. The number of amides is 1. The molecule has 1 aliphatic rings. The number of hydrogen-bond donors (Lipinski definition) is 4. The SMILES string of the molecule is CCOC(=O)C1CCCCC(N)c2nc(c(C)[nH]2)-c2ccc(NC(=O)OC)cc2N1. The largest absolute Gasteiger partial charge is 0.464 e. The Hall–Kier alpha value is -3.07. The highest BCUT2D eigenvalue weighted by atomic mass is 16.5. The summed E-state index contributed by atoms with van der Waals surface area (Å²) in [5.74, 6) is 0.434. The quantitative estimate of drug-likeness (QED) is 0.564. The summed E-state index contributed by atoms with van der Waals surface area (Å²) in [4.78, 5) is 32.2. The summed E-state index contributed by atoms with van der Waals surface area (Å²) in [6, 6.07) is 4.65. The van der Waals surface area contributed by atoms with Crippen molar-refractivity contribution in [2.45, 2.75) is 51.6 Å². The predicted molar refractivity (Wildman–Crippen MR) is 114 cm³/mol. The number of nitrogens with zero attached hydrogens (tertiary/aromatic N) is 1. The topological polar surface area (TPSA) is 131 Å². The maximum Gasteiger partial charge on any atom is 0.411 e. The van der Waals surface area contributed by atoms with Crippen LogP contribution in [0.5, 0.6) is 0 Å². The molecule has 2 unspecified atom stereocenters. The second-order valence-corrected chi connectivity index (χ2v) is 7.31. The van der Waals surface area contributed by atoms with Crippen LogP contribution in [0.3, 0.4) is 0 Å². The third kappa shape index (κ3) is 4.91. The molecule has 0 aliphatic carbocycles. The molecular weight excluding hydrogens is 386 g/mol. The zero-order valence-electron chi connectivity index (χ0n) is 17.6.